The first-order chi connectivity index (χ1) is 14.1. The molecule has 0 atom stereocenters. The molecule has 0 amide bonds. The molecule has 1 N–H and O–H groups in total. The Morgan fingerprint density at radius 1 is 1.07 bits per heavy atom. The van der Waals surface area contributed by atoms with E-state index < -0.39 is 10.7 Å². The molecule has 1 fully saturated rings. The van der Waals surface area contributed by atoms with E-state index in [2.05, 4.69) is 65.0 Å². The molecule has 0 unspecified atom stereocenters. The van der Waals surface area contributed by atoms with Crippen LogP contribution in [0.5, 0.6) is 0 Å². The monoisotopic (exact) mass is 411 g/mol. The minimum Gasteiger partial charge on any atom is -0.370 e. The summed E-state index contributed by atoms with van der Waals surface area (Å²) in [6.45, 7) is 3.50. The SMILES string of the molecule is CNCc1cccc(-c2ccc3c(c2)C=CN(C2CCN(C[SH](=O)=O)CC2)C3)c1. The first-order valence-corrected chi connectivity index (χ1v) is 11.6. The van der Waals surface area contributed by atoms with Crippen molar-refractivity contribution in [2.24, 2.45) is 0 Å². The number of benzene rings is 2. The highest BCUT2D eigenvalue weighted by Crippen LogP contribution is 2.29. The van der Waals surface area contributed by atoms with Crippen LogP contribution in [0.3, 0.4) is 0 Å². The van der Waals surface area contributed by atoms with Gasteiger partial charge in [0.1, 0.15) is 0 Å². The summed E-state index contributed by atoms with van der Waals surface area (Å²) in [5.74, 6) is 0.193. The van der Waals surface area contributed by atoms with Gasteiger partial charge in [0.25, 0.3) is 0 Å². The topological polar surface area (TPSA) is 52.6 Å². The van der Waals surface area contributed by atoms with Gasteiger partial charge in [0, 0.05) is 38.4 Å². The smallest absolute Gasteiger partial charge is 0.153 e. The fourth-order valence-corrected chi connectivity index (χ4v) is 4.98. The second-order valence-corrected chi connectivity index (χ2v) is 8.90. The van der Waals surface area contributed by atoms with Crippen molar-refractivity contribution >= 4 is 16.8 Å². The molecule has 0 aromatic heterocycles. The minimum absolute atomic E-state index is 0.193. The van der Waals surface area contributed by atoms with Crippen LogP contribution >= 0.6 is 0 Å². The summed E-state index contributed by atoms with van der Waals surface area (Å²) < 4.78 is 21.9. The first-order valence-electron chi connectivity index (χ1n) is 10.3. The normalized spacial score (nSPS) is 17.7. The summed E-state index contributed by atoms with van der Waals surface area (Å²) in [7, 11) is -0.350. The molecule has 0 saturated carbocycles. The zero-order chi connectivity index (χ0) is 20.2. The van der Waals surface area contributed by atoms with Gasteiger partial charge in [-0.2, -0.15) is 0 Å². The summed E-state index contributed by atoms with van der Waals surface area (Å²) in [5.41, 5.74) is 6.43. The Morgan fingerprint density at radius 2 is 1.86 bits per heavy atom. The molecule has 0 radical (unpaired) electrons. The quantitative estimate of drug-likeness (QED) is 0.716. The van der Waals surface area contributed by atoms with Crippen LogP contribution in [0.1, 0.15) is 29.5 Å². The van der Waals surface area contributed by atoms with Crippen LogP contribution in [0.15, 0.2) is 48.7 Å². The third kappa shape index (κ3) is 4.89. The number of rotatable bonds is 6. The van der Waals surface area contributed by atoms with E-state index in [1.807, 2.05) is 11.9 Å². The van der Waals surface area contributed by atoms with Gasteiger partial charge in [0.05, 0.1) is 5.88 Å². The Hall–Kier alpha value is -2.15. The molecule has 0 spiro atoms. The van der Waals surface area contributed by atoms with Crippen molar-refractivity contribution < 1.29 is 8.42 Å². The Kier molecular flexibility index (Phi) is 6.33. The van der Waals surface area contributed by atoms with Crippen molar-refractivity contribution in [1.82, 2.24) is 15.1 Å². The van der Waals surface area contributed by atoms with Gasteiger partial charge in [-0.1, -0.05) is 30.3 Å². The second-order valence-electron chi connectivity index (χ2n) is 7.96. The van der Waals surface area contributed by atoms with Crippen LogP contribution in [-0.4, -0.2) is 50.3 Å². The molecule has 2 aromatic rings. The van der Waals surface area contributed by atoms with Crippen LogP contribution in [0.2, 0.25) is 0 Å². The van der Waals surface area contributed by atoms with Gasteiger partial charge in [-0.25, -0.2) is 8.42 Å². The molecule has 2 aliphatic heterocycles. The van der Waals surface area contributed by atoms with Crippen molar-refractivity contribution in [3.63, 3.8) is 0 Å². The number of nitrogens with one attached hydrogen (secondary N) is 1. The standard InChI is InChI=1S/C23H29N3O2S/c1-24-15-18-3-2-4-19(13-18)20-5-6-22-16-26(12-7-21(22)14-20)23-8-10-25(11-9-23)17-29(27)28/h2-7,12-14,23-24,29H,8-11,15-17H2,1H3. The number of fused-ring (bicyclic) bond motifs is 1. The zero-order valence-electron chi connectivity index (χ0n) is 16.9. The van der Waals surface area contributed by atoms with E-state index >= 15 is 0 Å². The fraction of sp³-hybridized carbons (Fsp3) is 0.391. The number of likely N-dealkylation sites (tertiary alicyclic amines) is 1. The largest absolute Gasteiger partial charge is 0.370 e. The average molecular weight is 412 g/mol. The van der Waals surface area contributed by atoms with Crippen molar-refractivity contribution in [2.45, 2.75) is 32.0 Å². The van der Waals surface area contributed by atoms with Crippen LogP contribution in [-0.2, 0) is 23.8 Å². The number of piperidine rings is 1. The van der Waals surface area contributed by atoms with E-state index in [-0.39, 0.29) is 5.88 Å². The highest BCUT2D eigenvalue weighted by molar-refractivity contribution is 7.72. The number of hydrogen-bond donors (Lipinski definition) is 2. The summed E-state index contributed by atoms with van der Waals surface area (Å²) in [6.07, 6.45) is 6.47. The highest BCUT2D eigenvalue weighted by atomic mass is 32.2. The van der Waals surface area contributed by atoms with Gasteiger partial charge < -0.3 is 10.2 Å². The molecule has 0 bridgehead atoms. The maximum atomic E-state index is 10.9. The molecule has 5 nitrogen and oxygen atoms in total. The molecule has 0 aliphatic carbocycles. The van der Waals surface area contributed by atoms with Crippen LogP contribution in [0.25, 0.3) is 17.2 Å². The van der Waals surface area contributed by atoms with E-state index in [1.54, 1.807) is 0 Å². The number of thiol groups is 1. The van der Waals surface area contributed by atoms with E-state index in [0.717, 1.165) is 39.0 Å². The van der Waals surface area contributed by atoms with E-state index in [4.69, 9.17) is 0 Å². The molecule has 1 saturated heterocycles. The predicted octanol–water partition coefficient (Wildman–Crippen LogP) is 2.89. The van der Waals surface area contributed by atoms with Gasteiger partial charge in [-0.15, -0.1) is 0 Å². The van der Waals surface area contributed by atoms with Crippen LogP contribution in [0, 0.1) is 0 Å². The lowest BCUT2D eigenvalue weighted by molar-refractivity contribution is 0.150. The lowest BCUT2D eigenvalue weighted by Gasteiger charge is -2.39. The third-order valence-corrected chi connectivity index (χ3v) is 6.56. The average Bonchev–Trinajstić information content (AvgIpc) is 2.74. The van der Waals surface area contributed by atoms with E-state index in [0.29, 0.717) is 6.04 Å². The Labute approximate surface area is 175 Å². The summed E-state index contributed by atoms with van der Waals surface area (Å²) in [6, 6.07) is 15.9. The maximum absolute atomic E-state index is 10.9. The fourth-order valence-electron chi connectivity index (χ4n) is 4.37. The van der Waals surface area contributed by atoms with Gasteiger partial charge in [-0.05, 0) is 65.9 Å². The molecule has 29 heavy (non-hydrogen) atoms. The van der Waals surface area contributed by atoms with Crippen molar-refractivity contribution in [1.29, 1.82) is 0 Å². The third-order valence-electron chi connectivity index (χ3n) is 5.93. The Bertz CT molecular complexity index is 954. The van der Waals surface area contributed by atoms with Gasteiger partial charge >= 0.3 is 0 Å². The summed E-state index contributed by atoms with van der Waals surface area (Å²) >= 11 is 0. The van der Waals surface area contributed by atoms with Crippen molar-refractivity contribution in [3.05, 3.63) is 65.4 Å². The minimum atomic E-state index is -2.32. The maximum Gasteiger partial charge on any atom is 0.153 e. The number of nitrogens with zero attached hydrogens (tertiary/aromatic N) is 2. The zero-order valence-corrected chi connectivity index (χ0v) is 17.8. The Morgan fingerprint density at radius 3 is 2.62 bits per heavy atom. The summed E-state index contributed by atoms with van der Waals surface area (Å²) in [5, 5.41) is 3.21. The predicted molar refractivity (Wildman–Crippen MR) is 119 cm³/mol. The molecule has 4 rings (SSSR count). The molecular weight excluding hydrogens is 382 g/mol. The van der Waals surface area contributed by atoms with Crippen LogP contribution < -0.4 is 5.32 Å². The summed E-state index contributed by atoms with van der Waals surface area (Å²) in [4.78, 5) is 4.46. The lowest BCUT2D eigenvalue weighted by Crippen LogP contribution is -2.43. The van der Waals surface area contributed by atoms with Crippen molar-refractivity contribution in [3.8, 4) is 11.1 Å². The number of hydrogen-bond acceptors (Lipinski definition) is 5. The van der Waals surface area contributed by atoms with Crippen molar-refractivity contribution in [2.75, 3.05) is 26.0 Å². The van der Waals surface area contributed by atoms with Gasteiger partial charge in [0.2, 0.25) is 0 Å². The van der Waals surface area contributed by atoms with Gasteiger partial charge in [0.15, 0.2) is 10.7 Å². The van der Waals surface area contributed by atoms with E-state index in [1.165, 1.54) is 27.8 Å². The first kappa shape index (κ1) is 20.1. The van der Waals surface area contributed by atoms with E-state index in [9.17, 15) is 8.42 Å². The molecule has 2 aliphatic rings. The van der Waals surface area contributed by atoms with Gasteiger partial charge in [-0.3, -0.25) is 4.90 Å². The molecule has 2 aromatic carbocycles. The second kappa shape index (κ2) is 9.11. The molecule has 6 heteroatoms. The Balaban J connectivity index is 1.44. The highest BCUT2D eigenvalue weighted by Gasteiger charge is 2.25. The molecular formula is C23H29N3O2S. The molecule has 2 heterocycles. The molecule has 154 valence electrons. The van der Waals surface area contributed by atoms with Crippen LogP contribution in [0.4, 0.5) is 0 Å². The lowest BCUT2D eigenvalue weighted by atomic mass is 9.95.